The fraction of sp³-hybridized carbons (Fsp3) is 0.600. The van der Waals surface area contributed by atoms with Crippen LogP contribution in [0.5, 0.6) is 0 Å². The first-order valence-electron chi connectivity index (χ1n) is 7.22. The summed E-state index contributed by atoms with van der Waals surface area (Å²) in [5, 5.41) is 3.27. The zero-order valence-electron chi connectivity index (χ0n) is 12.7. The van der Waals surface area contributed by atoms with E-state index >= 15 is 0 Å². The molecule has 0 bridgehead atoms. The van der Waals surface area contributed by atoms with Gasteiger partial charge in [0.25, 0.3) is 0 Å². The quantitative estimate of drug-likeness (QED) is 0.689. The van der Waals surface area contributed by atoms with Crippen LogP contribution >= 0.6 is 0 Å². The highest BCUT2D eigenvalue weighted by Gasteiger charge is 2.10. The molecule has 1 aromatic carbocycles. The molecule has 0 saturated heterocycles. The summed E-state index contributed by atoms with van der Waals surface area (Å²) in [4.78, 5) is 0. The van der Waals surface area contributed by atoms with Crippen LogP contribution in [-0.2, 0) is 10.0 Å². The van der Waals surface area contributed by atoms with Gasteiger partial charge < -0.3 is 5.32 Å². The summed E-state index contributed by atoms with van der Waals surface area (Å²) < 4.78 is 26.6. The maximum absolute atomic E-state index is 12.0. The van der Waals surface area contributed by atoms with E-state index in [4.69, 9.17) is 0 Å². The van der Waals surface area contributed by atoms with E-state index in [1.165, 1.54) is 0 Å². The highest BCUT2D eigenvalue weighted by molar-refractivity contribution is 7.92. The molecule has 0 heterocycles. The third-order valence-electron chi connectivity index (χ3n) is 2.94. The summed E-state index contributed by atoms with van der Waals surface area (Å²) in [6, 6.07) is 5.73. The average Bonchev–Trinajstić information content (AvgIpc) is 2.31. The lowest BCUT2D eigenvalue weighted by molar-refractivity contribution is 0.590. The van der Waals surface area contributed by atoms with Gasteiger partial charge in [-0.25, -0.2) is 8.42 Å². The van der Waals surface area contributed by atoms with Gasteiger partial charge in [-0.05, 0) is 69.5 Å². The van der Waals surface area contributed by atoms with Crippen molar-refractivity contribution in [3.8, 4) is 0 Å². The number of benzene rings is 1. The first kappa shape index (κ1) is 17.0. The first-order chi connectivity index (χ1) is 9.43. The molecule has 0 saturated carbocycles. The van der Waals surface area contributed by atoms with E-state index in [0.717, 1.165) is 37.1 Å². The summed E-state index contributed by atoms with van der Waals surface area (Å²) in [6.07, 6.45) is 2.66. The molecule has 0 radical (unpaired) electrons. The van der Waals surface area contributed by atoms with E-state index in [0.29, 0.717) is 12.1 Å². The topological polar surface area (TPSA) is 58.2 Å². The van der Waals surface area contributed by atoms with Crippen molar-refractivity contribution in [2.45, 2.75) is 40.0 Å². The molecule has 0 aliphatic carbocycles. The Kier molecular flexibility index (Phi) is 7.02. The van der Waals surface area contributed by atoms with Gasteiger partial charge in [-0.2, -0.15) is 0 Å². The third kappa shape index (κ3) is 6.91. The van der Waals surface area contributed by atoms with Crippen LogP contribution in [0.3, 0.4) is 0 Å². The van der Waals surface area contributed by atoms with Crippen LogP contribution in [0.4, 0.5) is 5.69 Å². The van der Waals surface area contributed by atoms with E-state index < -0.39 is 10.0 Å². The van der Waals surface area contributed by atoms with Crippen LogP contribution in [0, 0.1) is 13.8 Å². The predicted molar refractivity (Wildman–Crippen MR) is 85.7 cm³/mol. The molecule has 20 heavy (non-hydrogen) atoms. The molecular weight excluding hydrogens is 272 g/mol. The minimum absolute atomic E-state index is 0.174. The molecule has 0 unspecified atom stereocenters. The number of rotatable bonds is 9. The molecule has 0 aromatic heterocycles. The molecule has 0 amide bonds. The molecule has 5 heteroatoms. The number of unbranched alkanes of at least 4 members (excludes halogenated alkanes) is 1. The van der Waals surface area contributed by atoms with E-state index in [2.05, 4.69) is 17.0 Å². The summed E-state index contributed by atoms with van der Waals surface area (Å²) in [6.45, 7) is 7.92. The van der Waals surface area contributed by atoms with Crippen LogP contribution in [0.1, 0.15) is 37.3 Å². The maximum Gasteiger partial charge on any atom is 0.232 e. The summed E-state index contributed by atoms with van der Waals surface area (Å²) in [5.41, 5.74) is 2.78. The minimum atomic E-state index is -3.24. The monoisotopic (exact) mass is 298 g/mol. The van der Waals surface area contributed by atoms with E-state index in [1.54, 1.807) is 0 Å². The lowest BCUT2D eigenvalue weighted by Crippen LogP contribution is -2.20. The second-order valence-corrected chi connectivity index (χ2v) is 7.10. The Morgan fingerprint density at radius 3 is 2.25 bits per heavy atom. The Balaban J connectivity index is 2.41. The van der Waals surface area contributed by atoms with Crippen LogP contribution in [-0.4, -0.2) is 27.3 Å². The molecule has 2 N–H and O–H groups in total. The van der Waals surface area contributed by atoms with Gasteiger partial charge in [0.1, 0.15) is 0 Å². The third-order valence-corrected chi connectivity index (χ3v) is 4.31. The smallest absolute Gasteiger partial charge is 0.232 e. The predicted octanol–water partition coefficient (Wildman–Crippen LogP) is 2.82. The lowest BCUT2D eigenvalue weighted by Gasteiger charge is -2.10. The molecule has 0 spiro atoms. The zero-order valence-corrected chi connectivity index (χ0v) is 13.5. The normalized spacial score (nSPS) is 11.6. The van der Waals surface area contributed by atoms with Crippen LogP contribution in [0.15, 0.2) is 18.2 Å². The standard InChI is InChI=1S/C15H26N2O2S/c1-4-7-16-8-5-6-9-20(18,19)17-15-11-13(2)10-14(3)12-15/h10-12,16-17H,4-9H2,1-3H3. The molecule has 0 fully saturated rings. The van der Waals surface area contributed by atoms with Crippen LogP contribution < -0.4 is 10.0 Å². The Hall–Kier alpha value is -1.07. The number of sulfonamides is 1. The zero-order chi connectivity index (χ0) is 15.0. The second-order valence-electron chi connectivity index (χ2n) is 5.25. The SMILES string of the molecule is CCCNCCCCS(=O)(=O)Nc1cc(C)cc(C)c1. The van der Waals surface area contributed by atoms with Gasteiger partial charge in [0.05, 0.1) is 5.75 Å². The van der Waals surface area contributed by atoms with Gasteiger partial charge in [-0.1, -0.05) is 13.0 Å². The molecule has 0 aliphatic rings. The lowest BCUT2D eigenvalue weighted by atomic mass is 10.1. The summed E-state index contributed by atoms with van der Waals surface area (Å²) in [7, 11) is -3.24. The van der Waals surface area contributed by atoms with Gasteiger partial charge in [-0.3, -0.25) is 4.72 Å². The average molecular weight is 298 g/mol. The van der Waals surface area contributed by atoms with E-state index in [1.807, 2.05) is 32.0 Å². The van der Waals surface area contributed by atoms with Crippen LogP contribution in [0.25, 0.3) is 0 Å². The molecule has 0 atom stereocenters. The number of nitrogens with one attached hydrogen (secondary N) is 2. The van der Waals surface area contributed by atoms with Gasteiger partial charge >= 0.3 is 0 Å². The number of aryl methyl sites for hydroxylation is 2. The van der Waals surface area contributed by atoms with Crippen molar-refractivity contribution in [2.75, 3.05) is 23.6 Å². The van der Waals surface area contributed by atoms with Crippen LogP contribution in [0.2, 0.25) is 0 Å². The summed E-state index contributed by atoms with van der Waals surface area (Å²) >= 11 is 0. The molecule has 1 aromatic rings. The van der Waals surface area contributed by atoms with Gasteiger partial charge in [0.2, 0.25) is 10.0 Å². The van der Waals surface area contributed by atoms with Crippen molar-refractivity contribution in [1.82, 2.24) is 5.32 Å². The first-order valence-corrected chi connectivity index (χ1v) is 8.87. The Morgan fingerprint density at radius 1 is 1.00 bits per heavy atom. The van der Waals surface area contributed by atoms with E-state index in [-0.39, 0.29) is 5.75 Å². The summed E-state index contributed by atoms with van der Waals surface area (Å²) in [5.74, 6) is 0.174. The molecule has 1 rings (SSSR count). The molecule has 4 nitrogen and oxygen atoms in total. The Bertz CT molecular complexity index is 492. The number of hydrogen-bond acceptors (Lipinski definition) is 3. The van der Waals surface area contributed by atoms with Crippen molar-refractivity contribution < 1.29 is 8.42 Å². The molecule has 0 aliphatic heterocycles. The van der Waals surface area contributed by atoms with Crippen molar-refractivity contribution in [3.63, 3.8) is 0 Å². The largest absolute Gasteiger partial charge is 0.317 e. The Labute approximate surface area is 123 Å². The van der Waals surface area contributed by atoms with E-state index in [9.17, 15) is 8.42 Å². The van der Waals surface area contributed by atoms with Crippen molar-refractivity contribution in [2.24, 2.45) is 0 Å². The maximum atomic E-state index is 12.0. The highest BCUT2D eigenvalue weighted by atomic mass is 32.2. The second kappa shape index (κ2) is 8.27. The van der Waals surface area contributed by atoms with Gasteiger partial charge in [0.15, 0.2) is 0 Å². The van der Waals surface area contributed by atoms with Gasteiger partial charge in [-0.15, -0.1) is 0 Å². The number of hydrogen-bond donors (Lipinski definition) is 2. The number of anilines is 1. The fourth-order valence-corrected chi connectivity index (χ4v) is 3.27. The fourth-order valence-electron chi connectivity index (χ4n) is 2.11. The molecule has 114 valence electrons. The minimum Gasteiger partial charge on any atom is -0.317 e. The van der Waals surface area contributed by atoms with Crippen molar-refractivity contribution in [1.29, 1.82) is 0 Å². The Morgan fingerprint density at radius 2 is 1.65 bits per heavy atom. The highest BCUT2D eigenvalue weighted by Crippen LogP contribution is 2.15. The van der Waals surface area contributed by atoms with Crippen molar-refractivity contribution in [3.05, 3.63) is 29.3 Å². The van der Waals surface area contributed by atoms with Gasteiger partial charge in [0, 0.05) is 5.69 Å². The van der Waals surface area contributed by atoms with Crippen molar-refractivity contribution >= 4 is 15.7 Å². The molecular formula is C15H26N2O2S.